The Morgan fingerprint density at radius 3 is 2.71 bits per heavy atom. The van der Waals surface area contributed by atoms with E-state index < -0.39 is 0 Å². The molecule has 0 unspecified atom stereocenters. The molecule has 108 valence electrons. The summed E-state index contributed by atoms with van der Waals surface area (Å²) < 4.78 is 4.05. The lowest BCUT2D eigenvalue weighted by Crippen LogP contribution is -1.93. The van der Waals surface area contributed by atoms with Gasteiger partial charge < -0.3 is 10.3 Å². The molecule has 21 heavy (non-hydrogen) atoms. The molecular formula is C17H20N4. The lowest BCUT2D eigenvalue weighted by molar-refractivity contribution is 0.896. The zero-order valence-electron chi connectivity index (χ0n) is 12.7. The zero-order valence-corrected chi connectivity index (χ0v) is 12.7. The van der Waals surface area contributed by atoms with Crippen LogP contribution in [0.4, 0.5) is 0 Å². The second-order valence-corrected chi connectivity index (χ2v) is 5.08. The Hall–Kier alpha value is -2.67. The third-order valence-electron chi connectivity index (χ3n) is 3.44. The average molecular weight is 280 g/mol. The summed E-state index contributed by atoms with van der Waals surface area (Å²) in [5, 5.41) is 0. The minimum Gasteiger partial charge on any atom is -0.405 e. The molecule has 0 saturated carbocycles. The van der Waals surface area contributed by atoms with Crippen LogP contribution >= 0.6 is 0 Å². The highest BCUT2D eigenvalue weighted by Crippen LogP contribution is 2.22. The number of imidazole rings is 2. The second-order valence-electron chi connectivity index (χ2n) is 5.08. The van der Waals surface area contributed by atoms with Gasteiger partial charge in [0, 0.05) is 12.7 Å². The van der Waals surface area contributed by atoms with Crippen molar-refractivity contribution in [3.05, 3.63) is 47.2 Å². The van der Waals surface area contributed by atoms with Crippen LogP contribution in [0.15, 0.2) is 24.4 Å². The van der Waals surface area contributed by atoms with Gasteiger partial charge in [-0.2, -0.15) is 0 Å². The van der Waals surface area contributed by atoms with Crippen LogP contribution < -0.4 is 5.73 Å². The van der Waals surface area contributed by atoms with Crippen molar-refractivity contribution in [2.24, 2.45) is 12.8 Å². The predicted octanol–water partition coefficient (Wildman–Crippen LogP) is 2.87. The van der Waals surface area contributed by atoms with Crippen molar-refractivity contribution < 1.29 is 0 Å². The van der Waals surface area contributed by atoms with Crippen LogP contribution in [-0.4, -0.2) is 14.0 Å². The van der Waals surface area contributed by atoms with E-state index in [0.29, 0.717) is 5.69 Å². The monoisotopic (exact) mass is 280 g/mol. The summed E-state index contributed by atoms with van der Waals surface area (Å²) in [6, 6.07) is 0. The molecule has 4 nitrogen and oxygen atoms in total. The summed E-state index contributed by atoms with van der Waals surface area (Å²) in [4.78, 5) is 4.51. The molecule has 2 N–H and O–H groups in total. The number of allylic oxidation sites excluding steroid dienone is 2. The quantitative estimate of drug-likeness (QED) is 0.691. The minimum absolute atomic E-state index is 0.594. The lowest BCUT2D eigenvalue weighted by Gasteiger charge is -1.99. The molecule has 0 fully saturated rings. The molecule has 2 heterocycles. The van der Waals surface area contributed by atoms with Crippen LogP contribution in [0.25, 0.3) is 17.9 Å². The molecule has 2 aromatic heterocycles. The first kappa shape index (κ1) is 14.7. The van der Waals surface area contributed by atoms with E-state index >= 15 is 0 Å². The Bertz CT molecular complexity index is 791. The summed E-state index contributed by atoms with van der Waals surface area (Å²) in [5.74, 6) is 3.42. The molecule has 0 spiro atoms. The largest absolute Gasteiger partial charge is 0.405 e. The van der Waals surface area contributed by atoms with Gasteiger partial charge in [-0.3, -0.25) is 4.40 Å². The number of hydrogen-bond acceptors (Lipinski definition) is 2. The van der Waals surface area contributed by atoms with E-state index in [1.165, 1.54) is 6.20 Å². The van der Waals surface area contributed by atoms with Gasteiger partial charge in [-0.25, -0.2) is 4.98 Å². The van der Waals surface area contributed by atoms with Crippen molar-refractivity contribution in [2.75, 3.05) is 0 Å². The van der Waals surface area contributed by atoms with Crippen LogP contribution in [0.1, 0.15) is 36.1 Å². The first-order valence-electron chi connectivity index (χ1n) is 6.74. The molecule has 0 aromatic carbocycles. The standard InChI is InChI=1S/C17H20N4/c1-6-14-16(10-11-18)21-15(9-7-8-12(2)3)13(4)20(5)17(21)19-14/h1,7,9-11H,2,8,18H2,3-5H3/b9-7-,11-10-. The normalized spacial score (nSPS) is 11.7. The number of fused-ring (bicyclic) bond motifs is 1. The predicted molar refractivity (Wildman–Crippen MR) is 88.5 cm³/mol. The van der Waals surface area contributed by atoms with Gasteiger partial charge in [-0.05, 0) is 44.5 Å². The number of nitrogens with zero attached hydrogens (tertiary/aromatic N) is 3. The average Bonchev–Trinajstić information content (AvgIpc) is 2.90. The van der Waals surface area contributed by atoms with Gasteiger partial charge in [0.1, 0.15) is 5.69 Å². The van der Waals surface area contributed by atoms with Gasteiger partial charge in [0.05, 0.1) is 11.4 Å². The van der Waals surface area contributed by atoms with E-state index in [0.717, 1.165) is 34.9 Å². The molecule has 2 aromatic rings. The van der Waals surface area contributed by atoms with Gasteiger partial charge in [-0.15, -0.1) is 6.42 Å². The summed E-state index contributed by atoms with van der Waals surface area (Å²) >= 11 is 0. The van der Waals surface area contributed by atoms with Crippen molar-refractivity contribution in [1.29, 1.82) is 0 Å². The summed E-state index contributed by atoms with van der Waals surface area (Å²) in [6.45, 7) is 7.97. The minimum atomic E-state index is 0.594. The molecular weight excluding hydrogens is 260 g/mol. The zero-order chi connectivity index (χ0) is 15.6. The smallest absolute Gasteiger partial charge is 0.216 e. The van der Waals surface area contributed by atoms with Crippen LogP contribution in [0, 0.1) is 19.3 Å². The van der Waals surface area contributed by atoms with E-state index in [2.05, 4.69) is 36.6 Å². The molecule has 2 rings (SSSR count). The van der Waals surface area contributed by atoms with Crippen molar-refractivity contribution in [2.45, 2.75) is 20.3 Å². The highest BCUT2D eigenvalue weighted by molar-refractivity contribution is 5.64. The molecule has 0 saturated heterocycles. The van der Waals surface area contributed by atoms with Crippen molar-refractivity contribution in [3.63, 3.8) is 0 Å². The molecule has 0 aliphatic heterocycles. The first-order valence-corrected chi connectivity index (χ1v) is 6.74. The van der Waals surface area contributed by atoms with E-state index in [1.807, 2.05) is 22.9 Å². The third kappa shape index (κ3) is 2.50. The van der Waals surface area contributed by atoms with Gasteiger partial charge in [0.15, 0.2) is 0 Å². The van der Waals surface area contributed by atoms with Crippen LogP contribution in [0.2, 0.25) is 0 Å². The summed E-state index contributed by atoms with van der Waals surface area (Å²) in [7, 11) is 1.98. The Balaban J connectivity index is 2.71. The Kier molecular flexibility index (Phi) is 4.04. The highest BCUT2D eigenvalue weighted by Gasteiger charge is 2.17. The summed E-state index contributed by atoms with van der Waals surface area (Å²) in [6.07, 6.45) is 13.8. The van der Waals surface area contributed by atoms with Crippen molar-refractivity contribution in [3.8, 4) is 12.3 Å². The second kappa shape index (κ2) is 5.76. The Labute approximate surface area is 125 Å². The molecule has 0 atom stereocenters. The molecule has 4 heteroatoms. The van der Waals surface area contributed by atoms with E-state index in [4.69, 9.17) is 12.2 Å². The van der Waals surface area contributed by atoms with Crippen LogP contribution in [-0.2, 0) is 7.05 Å². The number of aromatic nitrogens is 3. The van der Waals surface area contributed by atoms with Crippen LogP contribution in [0.3, 0.4) is 0 Å². The van der Waals surface area contributed by atoms with E-state index in [-0.39, 0.29) is 0 Å². The number of nitrogens with two attached hydrogens (primary N) is 1. The van der Waals surface area contributed by atoms with Gasteiger partial charge >= 0.3 is 0 Å². The van der Waals surface area contributed by atoms with Crippen LogP contribution in [0.5, 0.6) is 0 Å². The van der Waals surface area contributed by atoms with Gasteiger partial charge in [-0.1, -0.05) is 18.2 Å². The molecule has 0 aliphatic carbocycles. The topological polar surface area (TPSA) is 48.2 Å². The highest BCUT2D eigenvalue weighted by atomic mass is 15.2. The Morgan fingerprint density at radius 1 is 1.43 bits per heavy atom. The summed E-state index contributed by atoms with van der Waals surface area (Å²) in [5.41, 5.74) is 10.3. The van der Waals surface area contributed by atoms with Gasteiger partial charge in [0.25, 0.3) is 0 Å². The maximum atomic E-state index is 5.54. The molecule has 0 radical (unpaired) electrons. The fraction of sp³-hybridized carbons (Fsp3) is 0.235. The fourth-order valence-corrected chi connectivity index (χ4v) is 2.28. The van der Waals surface area contributed by atoms with Crippen molar-refractivity contribution >= 4 is 17.9 Å². The molecule has 0 aliphatic rings. The molecule has 0 amide bonds. The maximum absolute atomic E-state index is 5.54. The lowest BCUT2D eigenvalue weighted by atomic mass is 10.2. The number of hydrogen-bond donors (Lipinski definition) is 1. The van der Waals surface area contributed by atoms with E-state index in [1.54, 1.807) is 6.08 Å². The number of rotatable bonds is 4. The Morgan fingerprint density at radius 2 is 2.14 bits per heavy atom. The SMILES string of the molecule is C#Cc1nc2n(C)c(C)c(/C=C\CC(=C)C)n2c1/C=C\N. The van der Waals surface area contributed by atoms with E-state index in [9.17, 15) is 0 Å². The fourth-order valence-electron chi connectivity index (χ4n) is 2.28. The third-order valence-corrected chi connectivity index (χ3v) is 3.44. The molecule has 0 bridgehead atoms. The number of aryl methyl sites for hydroxylation is 1. The first-order chi connectivity index (χ1) is 10.0. The van der Waals surface area contributed by atoms with Gasteiger partial charge in [0.2, 0.25) is 5.78 Å². The maximum Gasteiger partial charge on any atom is 0.216 e. The van der Waals surface area contributed by atoms with Crippen molar-refractivity contribution in [1.82, 2.24) is 14.0 Å². The number of terminal acetylenes is 1.